The third kappa shape index (κ3) is 3.09. The second kappa shape index (κ2) is 7.27. The van der Waals surface area contributed by atoms with Crippen LogP contribution in [0.15, 0.2) is 53.8 Å². The summed E-state index contributed by atoms with van der Waals surface area (Å²) in [5, 5.41) is 8.57. The van der Waals surface area contributed by atoms with Gasteiger partial charge in [0.25, 0.3) is 11.5 Å². The molecule has 0 atom stereocenters. The molecule has 0 spiro atoms. The standard InChI is InChI=1S/C21H20N6O3/c1-25-6-3-14-11-17(18(12-15(14)21(25)29)26-7-9-30-10-8-26)24-20(28)16-13-23-27-5-2-4-22-19(16)27/h2-6,11-13H,7-10H2,1H3,(H,24,28). The predicted octanol–water partition coefficient (Wildman–Crippen LogP) is 1.67. The Balaban J connectivity index is 1.60. The van der Waals surface area contributed by atoms with Gasteiger partial charge in [0.2, 0.25) is 0 Å². The predicted molar refractivity (Wildman–Crippen MR) is 113 cm³/mol. The fourth-order valence-electron chi connectivity index (χ4n) is 3.72. The Morgan fingerprint density at radius 2 is 2.03 bits per heavy atom. The molecular weight excluding hydrogens is 384 g/mol. The Bertz CT molecular complexity index is 1320. The molecule has 9 heteroatoms. The van der Waals surface area contributed by atoms with Crippen LogP contribution >= 0.6 is 0 Å². The van der Waals surface area contributed by atoms with Crippen LogP contribution in [0.1, 0.15) is 10.4 Å². The molecule has 0 aliphatic carbocycles. The monoisotopic (exact) mass is 404 g/mol. The molecule has 4 aromatic rings. The topological polar surface area (TPSA) is 93.8 Å². The van der Waals surface area contributed by atoms with Crippen molar-refractivity contribution < 1.29 is 9.53 Å². The minimum Gasteiger partial charge on any atom is -0.378 e. The van der Waals surface area contributed by atoms with Gasteiger partial charge in [-0.2, -0.15) is 5.10 Å². The van der Waals surface area contributed by atoms with Crippen molar-refractivity contribution in [2.75, 3.05) is 36.5 Å². The van der Waals surface area contributed by atoms with E-state index >= 15 is 0 Å². The van der Waals surface area contributed by atoms with Crippen molar-refractivity contribution in [1.29, 1.82) is 0 Å². The van der Waals surface area contributed by atoms with Crippen LogP contribution in [-0.2, 0) is 11.8 Å². The molecule has 5 rings (SSSR count). The number of amides is 1. The Hall–Kier alpha value is -3.72. The third-order valence-electron chi connectivity index (χ3n) is 5.32. The van der Waals surface area contributed by atoms with Crippen molar-refractivity contribution >= 4 is 33.7 Å². The summed E-state index contributed by atoms with van der Waals surface area (Å²) in [6, 6.07) is 7.32. The Kier molecular flexibility index (Phi) is 4.44. The van der Waals surface area contributed by atoms with Crippen LogP contribution in [-0.4, -0.2) is 51.4 Å². The first kappa shape index (κ1) is 18.3. The van der Waals surface area contributed by atoms with Crippen LogP contribution in [0.25, 0.3) is 16.4 Å². The highest BCUT2D eigenvalue weighted by Crippen LogP contribution is 2.31. The van der Waals surface area contributed by atoms with E-state index in [1.165, 1.54) is 6.20 Å². The minimum absolute atomic E-state index is 0.0771. The third-order valence-corrected chi connectivity index (χ3v) is 5.32. The number of pyridine rings is 1. The summed E-state index contributed by atoms with van der Waals surface area (Å²) in [5.74, 6) is -0.304. The first-order valence-corrected chi connectivity index (χ1v) is 9.67. The smallest absolute Gasteiger partial charge is 0.261 e. The first-order chi connectivity index (χ1) is 14.6. The summed E-state index contributed by atoms with van der Waals surface area (Å²) < 4.78 is 8.57. The van der Waals surface area contributed by atoms with E-state index in [0.717, 1.165) is 11.1 Å². The number of fused-ring (bicyclic) bond motifs is 2. The van der Waals surface area contributed by atoms with Crippen LogP contribution in [0, 0.1) is 0 Å². The average Bonchev–Trinajstić information content (AvgIpc) is 3.21. The van der Waals surface area contributed by atoms with Crippen molar-refractivity contribution in [3.63, 3.8) is 0 Å². The summed E-state index contributed by atoms with van der Waals surface area (Å²) in [5.41, 5.74) is 2.22. The molecule has 1 amide bonds. The van der Waals surface area contributed by atoms with Gasteiger partial charge in [0.15, 0.2) is 5.65 Å². The van der Waals surface area contributed by atoms with Gasteiger partial charge < -0.3 is 19.5 Å². The van der Waals surface area contributed by atoms with Crippen LogP contribution in [0.2, 0.25) is 0 Å². The lowest BCUT2D eigenvalue weighted by Gasteiger charge is -2.31. The quantitative estimate of drug-likeness (QED) is 0.558. The number of morpholine rings is 1. The summed E-state index contributed by atoms with van der Waals surface area (Å²) >= 11 is 0. The number of benzene rings is 1. The number of rotatable bonds is 3. The number of hydrogen-bond acceptors (Lipinski definition) is 6. The number of ether oxygens (including phenoxy) is 1. The minimum atomic E-state index is -0.304. The molecule has 9 nitrogen and oxygen atoms in total. The number of carbonyl (C=O) groups is 1. The fourth-order valence-corrected chi connectivity index (χ4v) is 3.72. The van der Waals surface area contributed by atoms with Gasteiger partial charge in [-0.15, -0.1) is 0 Å². The summed E-state index contributed by atoms with van der Waals surface area (Å²) in [6.07, 6.45) is 6.59. The van der Waals surface area contributed by atoms with Gasteiger partial charge in [-0.3, -0.25) is 9.59 Å². The molecule has 0 bridgehead atoms. The Morgan fingerprint density at radius 3 is 2.87 bits per heavy atom. The largest absolute Gasteiger partial charge is 0.378 e. The van der Waals surface area contributed by atoms with Crippen molar-refractivity contribution in [2.45, 2.75) is 0 Å². The summed E-state index contributed by atoms with van der Waals surface area (Å²) in [7, 11) is 1.73. The molecule has 1 aliphatic heterocycles. The van der Waals surface area contributed by atoms with Crippen LogP contribution < -0.4 is 15.8 Å². The highest BCUT2D eigenvalue weighted by Gasteiger charge is 2.20. The number of hydrogen-bond donors (Lipinski definition) is 1. The Labute approximate surface area is 171 Å². The van der Waals surface area contributed by atoms with E-state index in [2.05, 4.69) is 20.3 Å². The highest BCUT2D eigenvalue weighted by atomic mass is 16.5. The maximum absolute atomic E-state index is 13.1. The molecule has 30 heavy (non-hydrogen) atoms. The molecular formula is C21H20N6O3. The zero-order chi connectivity index (χ0) is 20.7. The van der Waals surface area contributed by atoms with Crippen molar-refractivity contribution in [1.82, 2.24) is 19.2 Å². The lowest BCUT2D eigenvalue weighted by molar-refractivity contribution is 0.102. The van der Waals surface area contributed by atoms with Gasteiger partial charge in [-0.1, -0.05) is 0 Å². The summed E-state index contributed by atoms with van der Waals surface area (Å²) in [6.45, 7) is 2.55. The number of aryl methyl sites for hydroxylation is 1. The molecule has 1 aromatic carbocycles. The van der Waals surface area contributed by atoms with E-state index in [4.69, 9.17) is 4.74 Å². The van der Waals surface area contributed by atoms with Gasteiger partial charge in [-0.25, -0.2) is 9.50 Å². The first-order valence-electron chi connectivity index (χ1n) is 9.67. The molecule has 0 radical (unpaired) electrons. The van der Waals surface area contributed by atoms with Crippen molar-refractivity contribution in [3.8, 4) is 0 Å². The molecule has 3 aromatic heterocycles. The van der Waals surface area contributed by atoms with Crippen LogP contribution in [0.5, 0.6) is 0 Å². The lowest BCUT2D eigenvalue weighted by Crippen LogP contribution is -2.37. The maximum Gasteiger partial charge on any atom is 0.261 e. The second-order valence-electron chi connectivity index (χ2n) is 7.19. The number of aromatic nitrogens is 4. The molecule has 1 aliphatic rings. The van der Waals surface area contributed by atoms with E-state index < -0.39 is 0 Å². The summed E-state index contributed by atoms with van der Waals surface area (Å²) in [4.78, 5) is 32.1. The number of nitrogens with one attached hydrogen (secondary N) is 1. The molecule has 0 saturated carbocycles. The number of carbonyl (C=O) groups excluding carboxylic acids is 1. The number of anilines is 2. The molecule has 1 fully saturated rings. The SMILES string of the molecule is Cn1ccc2cc(NC(=O)c3cnn4cccnc34)c(N3CCOCC3)cc2c1=O. The fraction of sp³-hybridized carbons (Fsp3) is 0.238. The van der Waals surface area contributed by atoms with Crippen LogP contribution in [0.3, 0.4) is 0 Å². The zero-order valence-corrected chi connectivity index (χ0v) is 16.4. The van der Waals surface area contributed by atoms with E-state index in [-0.39, 0.29) is 11.5 Å². The molecule has 1 saturated heterocycles. The molecule has 1 N–H and O–H groups in total. The zero-order valence-electron chi connectivity index (χ0n) is 16.4. The average molecular weight is 404 g/mol. The molecule has 152 valence electrons. The van der Waals surface area contributed by atoms with Gasteiger partial charge in [-0.05, 0) is 29.7 Å². The van der Waals surface area contributed by atoms with E-state index in [1.807, 2.05) is 18.2 Å². The maximum atomic E-state index is 13.1. The normalized spacial score (nSPS) is 14.4. The van der Waals surface area contributed by atoms with Gasteiger partial charge in [0, 0.05) is 44.1 Å². The Morgan fingerprint density at radius 1 is 1.20 bits per heavy atom. The second-order valence-corrected chi connectivity index (χ2v) is 7.19. The highest BCUT2D eigenvalue weighted by molar-refractivity contribution is 6.10. The van der Waals surface area contributed by atoms with Gasteiger partial charge in [0.1, 0.15) is 5.56 Å². The molecule has 4 heterocycles. The van der Waals surface area contributed by atoms with Gasteiger partial charge >= 0.3 is 0 Å². The van der Waals surface area contributed by atoms with E-state index in [1.54, 1.807) is 40.8 Å². The molecule has 0 unspecified atom stereocenters. The number of nitrogens with zero attached hydrogens (tertiary/aromatic N) is 5. The van der Waals surface area contributed by atoms with Crippen molar-refractivity contribution in [3.05, 3.63) is 65.0 Å². The lowest BCUT2D eigenvalue weighted by atomic mass is 10.1. The van der Waals surface area contributed by atoms with E-state index in [0.29, 0.717) is 48.6 Å². The van der Waals surface area contributed by atoms with Crippen molar-refractivity contribution in [2.24, 2.45) is 7.05 Å². The van der Waals surface area contributed by atoms with E-state index in [9.17, 15) is 9.59 Å². The van der Waals surface area contributed by atoms with Crippen LogP contribution in [0.4, 0.5) is 11.4 Å². The van der Waals surface area contributed by atoms with Gasteiger partial charge in [0.05, 0.1) is 30.8 Å².